The second kappa shape index (κ2) is 9.60. The third-order valence-electron chi connectivity index (χ3n) is 4.60. The third-order valence-corrected chi connectivity index (χ3v) is 5.69. The van der Waals surface area contributed by atoms with Crippen LogP contribution < -0.4 is 14.8 Å². The summed E-state index contributed by atoms with van der Waals surface area (Å²) in [6.07, 6.45) is 2.60. The van der Waals surface area contributed by atoms with Crippen LogP contribution in [0.2, 0.25) is 5.28 Å². The van der Waals surface area contributed by atoms with E-state index in [9.17, 15) is 9.18 Å². The molecule has 0 bridgehead atoms. The van der Waals surface area contributed by atoms with Crippen molar-refractivity contribution in [2.75, 3.05) is 7.11 Å². The predicted molar refractivity (Wildman–Crippen MR) is 127 cm³/mol. The molecule has 3 aromatic rings. The van der Waals surface area contributed by atoms with Crippen molar-refractivity contribution in [2.45, 2.75) is 13.8 Å². The molecule has 0 unspecified atom stereocenters. The number of nitrogens with zero attached hydrogens (tertiary/aromatic N) is 3. The first-order valence-electron chi connectivity index (χ1n) is 9.73. The molecule has 1 aromatic heterocycles. The van der Waals surface area contributed by atoms with E-state index in [0.29, 0.717) is 21.4 Å². The summed E-state index contributed by atoms with van der Waals surface area (Å²) in [7, 11) is 1.46. The molecular weight excluding hydrogens is 467 g/mol. The summed E-state index contributed by atoms with van der Waals surface area (Å²) in [5.41, 5.74) is 3.58. The molecule has 33 heavy (non-hydrogen) atoms. The number of methoxy groups -OCH3 is 1. The molecule has 1 aliphatic rings. The Hall–Kier alpha value is -3.43. The van der Waals surface area contributed by atoms with Crippen molar-refractivity contribution in [2.24, 2.45) is 4.99 Å². The van der Waals surface area contributed by atoms with Gasteiger partial charge in [0.25, 0.3) is 11.8 Å². The normalized spacial score (nSPS) is 15.7. The minimum Gasteiger partial charge on any atom is -0.493 e. The lowest BCUT2D eigenvalue weighted by atomic mass is 10.1. The van der Waals surface area contributed by atoms with Crippen LogP contribution in [0.25, 0.3) is 6.08 Å². The van der Waals surface area contributed by atoms with E-state index in [4.69, 9.17) is 21.1 Å². The number of ether oxygens (including phenoxy) is 2. The molecule has 10 heteroatoms. The maximum atomic E-state index is 14.0. The van der Waals surface area contributed by atoms with Crippen molar-refractivity contribution in [1.29, 1.82) is 0 Å². The van der Waals surface area contributed by atoms with E-state index in [1.54, 1.807) is 24.3 Å². The number of aromatic nitrogens is 2. The minimum atomic E-state index is -0.775. The van der Waals surface area contributed by atoms with Crippen molar-refractivity contribution >= 4 is 46.2 Å². The van der Waals surface area contributed by atoms with Crippen molar-refractivity contribution in [3.63, 3.8) is 0 Å². The van der Waals surface area contributed by atoms with E-state index < -0.39 is 5.82 Å². The summed E-state index contributed by atoms with van der Waals surface area (Å²) in [5, 5.41) is 3.11. The SMILES string of the molecule is COc1ccc(/C=C2/SC(=Nc3ccc(C)cc3C)NC2=O)cc1Oc1nc(Cl)ncc1F. The van der Waals surface area contributed by atoms with Crippen LogP contribution >= 0.6 is 23.4 Å². The molecular formula is C23H18ClFN4O3S. The lowest BCUT2D eigenvalue weighted by molar-refractivity contribution is -0.115. The predicted octanol–water partition coefficient (Wildman–Crippen LogP) is 5.58. The highest BCUT2D eigenvalue weighted by Crippen LogP contribution is 2.35. The second-order valence-electron chi connectivity index (χ2n) is 7.08. The summed E-state index contributed by atoms with van der Waals surface area (Å²) >= 11 is 6.96. The highest BCUT2D eigenvalue weighted by molar-refractivity contribution is 8.18. The Morgan fingerprint density at radius 2 is 2.00 bits per heavy atom. The zero-order valence-corrected chi connectivity index (χ0v) is 19.4. The standard InChI is InChI=1S/C23H18ClFN4O3S/c1-12-4-6-16(13(2)8-12)27-23-28-20(30)19(33-23)10-14-5-7-17(31-3)18(9-14)32-21-15(25)11-26-22(24)29-21/h4-11H,1-3H3,(H,27,28,30)/b19-10+. The highest BCUT2D eigenvalue weighted by Gasteiger charge is 2.24. The van der Waals surface area contributed by atoms with Gasteiger partial charge in [-0.2, -0.15) is 9.37 Å². The first-order valence-corrected chi connectivity index (χ1v) is 10.9. The van der Waals surface area contributed by atoms with Crippen LogP contribution in [0.3, 0.4) is 0 Å². The number of nitrogens with one attached hydrogen (secondary N) is 1. The van der Waals surface area contributed by atoms with E-state index in [1.807, 2.05) is 32.0 Å². The van der Waals surface area contributed by atoms with Gasteiger partial charge in [0.2, 0.25) is 11.1 Å². The van der Waals surface area contributed by atoms with Gasteiger partial charge in [-0.15, -0.1) is 0 Å². The van der Waals surface area contributed by atoms with Crippen molar-refractivity contribution in [3.05, 3.63) is 75.3 Å². The Morgan fingerprint density at radius 1 is 1.18 bits per heavy atom. The van der Waals surface area contributed by atoms with Crippen LogP contribution in [0.1, 0.15) is 16.7 Å². The van der Waals surface area contributed by atoms with Crippen LogP contribution in [-0.4, -0.2) is 28.2 Å². The number of rotatable bonds is 5. The topological polar surface area (TPSA) is 85.7 Å². The molecule has 168 valence electrons. The summed E-state index contributed by atoms with van der Waals surface area (Å²) in [6, 6.07) is 10.9. The molecule has 0 atom stereocenters. The number of hydrogen-bond donors (Lipinski definition) is 1. The van der Waals surface area contributed by atoms with Crippen molar-refractivity contribution in [1.82, 2.24) is 15.3 Å². The van der Waals surface area contributed by atoms with Gasteiger partial charge in [0.1, 0.15) is 0 Å². The highest BCUT2D eigenvalue weighted by atomic mass is 35.5. The number of halogens is 2. The van der Waals surface area contributed by atoms with E-state index in [1.165, 1.54) is 18.9 Å². The van der Waals surface area contributed by atoms with Crippen molar-refractivity contribution in [3.8, 4) is 17.4 Å². The molecule has 7 nitrogen and oxygen atoms in total. The summed E-state index contributed by atoms with van der Waals surface area (Å²) < 4.78 is 24.9. The van der Waals surface area contributed by atoms with Crippen LogP contribution in [-0.2, 0) is 4.79 Å². The van der Waals surface area contributed by atoms with E-state index >= 15 is 0 Å². The Balaban J connectivity index is 1.61. The van der Waals surface area contributed by atoms with Gasteiger partial charge in [0.05, 0.1) is 23.9 Å². The molecule has 1 aliphatic heterocycles. The molecule has 0 aliphatic carbocycles. The number of carbonyl (C=O) groups excluding carboxylic acids is 1. The number of aliphatic imine (C=N–C) groups is 1. The van der Waals surface area contributed by atoms with Gasteiger partial charge in [-0.1, -0.05) is 23.8 Å². The smallest absolute Gasteiger partial charge is 0.264 e. The van der Waals surface area contributed by atoms with Crippen LogP contribution in [0.5, 0.6) is 17.4 Å². The molecule has 0 radical (unpaired) electrons. The fourth-order valence-electron chi connectivity index (χ4n) is 3.04. The Labute approximate surface area is 198 Å². The number of benzene rings is 2. The largest absolute Gasteiger partial charge is 0.493 e. The number of amides is 1. The minimum absolute atomic E-state index is 0.154. The van der Waals surface area contributed by atoms with Gasteiger partial charge >= 0.3 is 0 Å². The molecule has 0 spiro atoms. The zero-order chi connectivity index (χ0) is 23.5. The molecule has 1 fully saturated rings. The van der Waals surface area contributed by atoms with Crippen LogP contribution in [0.15, 0.2) is 52.5 Å². The van der Waals surface area contributed by atoms with Gasteiger partial charge in [-0.25, -0.2) is 9.98 Å². The Morgan fingerprint density at radius 3 is 2.76 bits per heavy atom. The maximum Gasteiger partial charge on any atom is 0.264 e. The average molecular weight is 485 g/mol. The fraction of sp³-hybridized carbons (Fsp3) is 0.130. The monoisotopic (exact) mass is 484 g/mol. The molecule has 1 saturated heterocycles. The molecule has 1 amide bonds. The molecule has 2 heterocycles. The van der Waals surface area contributed by atoms with Crippen LogP contribution in [0.4, 0.5) is 10.1 Å². The van der Waals surface area contributed by atoms with Gasteiger partial charge < -0.3 is 14.8 Å². The quantitative estimate of drug-likeness (QED) is 0.376. The van der Waals surface area contributed by atoms with Gasteiger partial charge in [0, 0.05) is 0 Å². The lowest BCUT2D eigenvalue weighted by Gasteiger charge is -2.11. The van der Waals surface area contributed by atoms with E-state index in [-0.39, 0.29) is 22.8 Å². The number of amidine groups is 1. The van der Waals surface area contributed by atoms with Gasteiger partial charge in [0.15, 0.2) is 16.7 Å². The second-order valence-corrected chi connectivity index (χ2v) is 8.44. The fourth-order valence-corrected chi connectivity index (χ4v) is 4.00. The molecule has 0 saturated carbocycles. The zero-order valence-electron chi connectivity index (χ0n) is 17.8. The van der Waals surface area contributed by atoms with Gasteiger partial charge in [-0.3, -0.25) is 4.79 Å². The summed E-state index contributed by atoms with van der Waals surface area (Å²) in [4.78, 5) is 24.8. The maximum absolute atomic E-state index is 14.0. The molecule has 2 aromatic carbocycles. The number of thioether (sulfide) groups is 1. The van der Waals surface area contributed by atoms with E-state index in [0.717, 1.165) is 23.0 Å². The average Bonchev–Trinajstić information content (AvgIpc) is 3.11. The van der Waals surface area contributed by atoms with Crippen LogP contribution in [0, 0.1) is 19.7 Å². The lowest BCUT2D eigenvalue weighted by Crippen LogP contribution is -2.19. The first kappa shape index (κ1) is 22.8. The number of carbonyl (C=O) groups is 1. The first-order chi connectivity index (χ1) is 15.8. The Bertz CT molecular complexity index is 1310. The molecule has 4 rings (SSSR count). The number of aryl methyl sites for hydroxylation is 2. The molecule has 1 N–H and O–H groups in total. The van der Waals surface area contributed by atoms with Gasteiger partial charge in [-0.05, 0) is 72.6 Å². The van der Waals surface area contributed by atoms with E-state index in [2.05, 4.69) is 20.3 Å². The Kier molecular flexibility index (Phi) is 6.62. The van der Waals surface area contributed by atoms with Crippen molar-refractivity contribution < 1.29 is 18.7 Å². The summed E-state index contributed by atoms with van der Waals surface area (Å²) in [5.74, 6) is -0.826. The third kappa shape index (κ3) is 5.32. The number of hydrogen-bond acceptors (Lipinski definition) is 7. The summed E-state index contributed by atoms with van der Waals surface area (Å²) in [6.45, 7) is 3.98.